The first-order valence-electron chi connectivity index (χ1n) is 3.98. The van der Waals surface area contributed by atoms with E-state index < -0.39 is 0 Å². The topological polar surface area (TPSA) is 80.2 Å². The first-order valence-corrected chi connectivity index (χ1v) is 3.98. The lowest BCUT2D eigenvalue weighted by molar-refractivity contribution is 0.151. The Morgan fingerprint density at radius 3 is 2.58 bits per heavy atom. The summed E-state index contributed by atoms with van der Waals surface area (Å²) in [7, 11) is 0. The highest BCUT2D eigenvalue weighted by Gasteiger charge is 2.15. The largest absolute Gasteiger partial charge is 0.411 e. The maximum absolute atomic E-state index is 8.58. The van der Waals surface area contributed by atoms with Crippen molar-refractivity contribution in [1.82, 2.24) is 0 Å². The highest BCUT2D eigenvalue weighted by Crippen LogP contribution is 2.13. The summed E-state index contributed by atoms with van der Waals surface area (Å²) in [6.45, 7) is 0.0577. The van der Waals surface area contributed by atoms with E-state index in [4.69, 9.17) is 10.9 Å². The quantitative estimate of drug-likeness (QED) is 0.364. The van der Waals surface area contributed by atoms with Crippen LogP contribution in [0.15, 0.2) is 10.3 Å². The molecule has 0 aliphatic heterocycles. The molecule has 5 heteroatoms. The van der Waals surface area contributed by atoms with Crippen molar-refractivity contribution in [3.8, 4) is 0 Å². The molecule has 0 aromatic carbocycles. The summed E-state index contributed by atoms with van der Waals surface area (Å²) < 4.78 is 0. The number of nitrogens with zero attached hydrogens (tertiary/aromatic N) is 2. The number of rotatable bonds is 2. The van der Waals surface area contributed by atoms with E-state index in [9.17, 15) is 0 Å². The maximum atomic E-state index is 8.58. The van der Waals surface area contributed by atoms with Gasteiger partial charge in [0.2, 0.25) is 0 Å². The van der Waals surface area contributed by atoms with Crippen molar-refractivity contribution in [1.29, 1.82) is 0 Å². The molecule has 0 heterocycles. The predicted molar refractivity (Wildman–Crippen MR) is 45.3 cm³/mol. The Labute approximate surface area is 70.9 Å². The molecule has 0 radical (unpaired) electrons. The van der Waals surface area contributed by atoms with Crippen LogP contribution in [0, 0.1) is 0 Å². The van der Waals surface area contributed by atoms with E-state index in [-0.39, 0.29) is 6.73 Å². The number of hydrogen-bond donors (Lipinski definition) is 2. The van der Waals surface area contributed by atoms with Crippen LogP contribution >= 0.6 is 0 Å². The fraction of sp³-hybridized carbons (Fsp3) is 0.714. The third-order valence-electron chi connectivity index (χ3n) is 1.78. The molecule has 1 saturated carbocycles. The molecule has 0 bridgehead atoms. The van der Waals surface area contributed by atoms with E-state index in [1.165, 1.54) is 0 Å². The van der Waals surface area contributed by atoms with Crippen LogP contribution < -0.4 is 5.73 Å². The van der Waals surface area contributed by atoms with Gasteiger partial charge in [-0.25, -0.2) is 0 Å². The summed E-state index contributed by atoms with van der Waals surface area (Å²) in [6.07, 6.45) is 3.68. The molecule has 1 fully saturated rings. The van der Waals surface area contributed by atoms with Crippen LogP contribution in [0.2, 0.25) is 0 Å². The predicted octanol–water partition coefficient (Wildman–Crippen LogP) is 0.679. The van der Waals surface area contributed by atoms with Gasteiger partial charge in [0.05, 0.1) is 0 Å². The molecule has 68 valence electrons. The lowest BCUT2D eigenvalue weighted by Gasteiger charge is -2.12. The monoisotopic (exact) mass is 171 g/mol. The SMILES string of the molecule is NCO/N=C1\CCCC\C1=N/O. The minimum absolute atomic E-state index is 0.0577. The minimum atomic E-state index is 0.0577. The Kier molecular flexibility index (Phi) is 3.53. The molecule has 0 saturated heterocycles. The molecular weight excluding hydrogens is 158 g/mol. The van der Waals surface area contributed by atoms with Crippen LogP contribution in [0.4, 0.5) is 0 Å². The van der Waals surface area contributed by atoms with Crippen LogP contribution in [0.3, 0.4) is 0 Å². The lowest BCUT2D eigenvalue weighted by atomic mass is 9.97. The first kappa shape index (κ1) is 8.99. The van der Waals surface area contributed by atoms with Gasteiger partial charge in [-0.15, -0.1) is 0 Å². The zero-order chi connectivity index (χ0) is 8.81. The Morgan fingerprint density at radius 2 is 2.00 bits per heavy atom. The van der Waals surface area contributed by atoms with Crippen molar-refractivity contribution in [2.45, 2.75) is 25.7 Å². The standard InChI is InChI=1S/C7H13N3O2/c8-5-12-10-7-4-2-1-3-6(7)9-11/h11H,1-5,8H2/b9-6+,10-7+. The van der Waals surface area contributed by atoms with Gasteiger partial charge in [-0.3, -0.25) is 5.73 Å². The summed E-state index contributed by atoms with van der Waals surface area (Å²) in [5.74, 6) is 0. The van der Waals surface area contributed by atoms with Crippen molar-refractivity contribution in [3.63, 3.8) is 0 Å². The van der Waals surface area contributed by atoms with Crippen molar-refractivity contribution < 1.29 is 10.0 Å². The molecule has 5 nitrogen and oxygen atoms in total. The second-order valence-electron chi connectivity index (χ2n) is 2.59. The van der Waals surface area contributed by atoms with Crippen LogP contribution in [-0.2, 0) is 4.84 Å². The highest BCUT2D eigenvalue weighted by atomic mass is 16.6. The minimum Gasteiger partial charge on any atom is -0.411 e. The summed E-state index contributed by atoms with van der Waals surface area (Å²) in [4.78, 5) is 4.68. The summed E-state index contributed by atoms with van der Waals surface area (Å²) in [5, 5.41) is 15.5. The van der Waals surface area contributed by atoms with E-state index in [0.29, 0.717) is 11.4 Å². The van der Waals surface area contributed by atoms with E-state index in [1.54, 1.807) is 0 Å². The van der Waals surface area contributed by atoms with Crippen molar-refractivity contribution >= 4 is 11.4 Å². The maximum Gasteiger partial charge on any atom is 0.165 e. The molecular formula is C7H13N3O2. The molecule has 0 amide bonds. The van der Waals surface area contributed by atoms with Gasteiger partial charge < -0.3 is 10.0 Å². The molecule has 1 rings (SSSR count). The van der Waals surface area contributed by atoms with E-state index in [1.807, 2.05) is 0 Å². The van der Waals surface area contributed by atoms with Crippen LogP contribution in [-0.4, -0.2) is 23.4 Å². The van der Waals surface area contributed by atoms with E-state index in [2.05, 4.69) is 15.1 Å². The fourth-order valence-electron chi connectivity index (χ4n) is 1.19. The molecule has 1 aliphatic carbocycles. The third-order valence-corrected chi connectivity index (χ3v) is 1.78. The van der Waals surface area contributed by atoms with Gasteiger partial charge >= 0.3 is 0 Å². The second-order valence-corrected chi connectivity index (χ2v) is 2.59. The summed E-state index contributed by atoms with van der Waals surface area (Å²) >= 11 is 0. The van der Waals surface area contributed by atoms with Crippen molar-refractivity contribution in [2.75, 3.05) is 6.73 Å². The van der Waals surface area contributed by atoms with Crippen LogP contribution in [0.5, 0.6) is 0 Å². The average Bonchev–Trinajstić information content (AvgIpc) is 2.15. The van der Waals surface area contributed by atoms with Gasteiger partial charge in [0, 0.05) is 0 Å². The van der Waals surface area contributed by atoms with Gasteiger partial charge in [0.25, 0.3) is 0 Å². The average molecular weight is 171 g/mol. The Bertz CT molecular complexity index is 201. The van der Waals surface area contributed by atoms with E-state index >= 15 is 0 Å². The highest BCUT2D eigenvalue weighted by molar-refractivity contribution is 6.42. The number of nitrogens with two attached hydrogens (primary N) is 1. The van der Waals surface area contributed by atoms with Crippen molar-refractivity contribution in [2.24, 2.45) is 16.0 Å². The first-order chi connectivity index (χ1) is 5.88. The smallest absolute Gasteiger partial charge is 0.165 e. The molecule has 1 aliphatic rings. The van der Waals surface area contributed by atoms with Crippen LogP contribution in [0.25, 0.3) is 0 Å². The zero-order valence-electron chi connectivity index (χ0n) is 6.86. The molecule has 0 aromatic heterocycles. The second kappa shape index (κ2) is 4.71. The normalized spacial score (nSPS) is 24.8. The van der Waals surface area contributed by atoms with Crippen molar-refractivity contribution in [3.05, 3.63) is 0 Å². The molecule has 3 N–H and O–H groups in total. The number of hydrogen-bond acceptors (Lipinski definition) is 5. The van der Waals surface area contributed by atoms with E-state index in [0.717, 1.165) is 25.7 Å². The summed E-state index contributed by atoms with van der Waals surface area (Å²) in [6, 6.07) is 0. The van der Waals surface area contributed by atoms with Gasteiger partial charge in [-0.2, -0.15) is 0 Å². The van der Waals surface area contributed by atoms with Gasteiger partial charge in [-0.1, -0.05) is 10.3 Å². The molecule has 0 spiro atoms. The fourth-order valence-corrected chi connectivity index (χ4v) is 1.19. The molecule has 12 heavy (non-hydrogen) atoms. The Balaban J connectivity index is 2.59. The summed E-state index contributed by atoms with van der Waals surface area (Å²) in [5.41, 5.74) is 6.44. The van der Waals surface area contributed by atoms with Crippen LogP contribution in [0.1, 0.15) is 25.7 Å². The molecule has 0 unspecified atom stereocenters. The lowest BCUT2D eigenvalue weighted by Crippen LogP contribution is -2.20. The number of oxime groups is 2. The molecule has 0 aromatic rings. The Hall–Kier alpha value is -1.10. The van der Waals surface area contributed by atoms with Gasteiger partial charge in [-0.05, 0) is 25.7 Å². The van der Waals surface area contributed by atoms with Gasteiger partial charge in [0.15, 0.2) is 6.73 Å². The Morgan fingerprint density at radius 1 is 1.33 bits per heavy atom. The van der Waals surface area contributed by atoms with Gasteiger partial charge in [0.1, 0.15) is 11.4 Å². The zero-order valence-corrected chi connectivity index (χ0v) is 6.86. The molecule has 0 atom stereocenters. The third kappa shape index (κ3) is 2.20.